The molecule has 0 aliphatic heterocycles. The summed E-state index contributed by atoms with van der Waals surface area (Å²) < 4.78 is 15.8. The Labute approximate surface area is 229 Å². The zero-order chi connectivity index (χ0) is 28.1. The molecule has 1 atom stereocenters. The summed E-state index contributed by atoms with van der Waals surface area (Å²) in [6, 6.07) is 2.68. The molecule has 0 saturated heterocycles. The van der Waals surface area contributed by atoms with E-state index >= 15 is 0 Å². The first-order chi connectivity index (χ1) is 17.7. The minimum atomic E-state index is -0.975. The van der Waals surface area contributed by atoms with Crippen LogP contribution < -0.4 is 5.32 Å². The molecular formula is C26H32N4O6S2. The van der Waals surface area contributed by atoms with Crippen molar-refractivity contribution in [3.63, 3.8) is 0 Å². The fourth-order valence-corrected chi connectivity index (χ4v) is 4.71. The van der Waals surface area contributed by atoms with Gasteiger partial charge in [0.05, 0.1) is 23.0 Å². The van der Waals surface area contributed by atoms with Gasteiger partial charge in [-0.25, -0.2) is 24.4 Å². The lowest BCUT2D eigenvalue weighted by molar-refractivity contribution is -0.157. The molecule has 0 unspecified atom stereocenters. The Morgan fingerprint density at radius 3 is 2.26 bits per heavy atom. The largest absolute Gasteiger partial charge is 0.461 e. The van der Waals surface area contributed by atoms with E-state index in [0.29, 0.717) is 21.4 Å². The van der Waals surface area contributed by atoms with Crippen molar-refractivity contribution < 1.29 is 28.6 Å². The van der Waals surface area contributed by atoms with E-state index in [4.69, 9.17) is 14.2 Å². The Morgan fingerprint density at radius 1 is 0.947 bits per heavy atom. The molecule has 0 aliphatic rings. The molecule has 3 rings (SSSR count). The van der Waals surface area contributed by atoms with Crippen molar-refractivity contribution in [2.75, 3.05) is 6.61 Å². The lowest BCUT2D eigenvalue weighted by Crippen LogP contribution is -2.47. The topological polar surface area (TPSA) is 130 Å². The number of hydrogen-bond donors (Lipinski definition) is 1. The first-order valence-electron chi connectivity index (χ1n) is 12.0. The van der Waals surface area contributed by atoms with E-state index in [9.17, 15) is 14.4 Å². The molecule has 10 nitrogen and oxygen atoms in total. The maximum Gasteiger partial charge on any atom is 0.408 e. The first-order valence-corrected chi connectivity index (χ1v) is 13.8. The van der Waals surface area contributed by atoms with Gasteiger partial charge in [-0.3, -0.25) is 4.98 Å². The number of carbonyl (C=O) groups is 3. The number of ether oxygens (including phenoxy) is 3. The number of pyridine rings is 1. The van der Waals surface area contributed by atoms with Gasteiger partial charge in [0.15, 0.2) is 5.69 Å². The van der Waals surface area contributed by atoms with Gasteiger partial charge in [-0.15, -0.1) is 22.7 Å². The Bertz CT molecular complexity index is 1270. The van der Waals surface area contributed by atoms with Crippen molar-refractivity contribution >= 4 is 40.7 Å². The normalized spacial score (nSPS) is 12.5. The summed E-state index contributed by atoms with van der Waals surface area (Å²) in [5.74, 6) is -1.03. The molecule has 204 valence electrons. The summed E-state index contributed by atoms with van der Waals surface area (Å²) in [4.78, 5) is 50.5. The van der Waals surface area contributed by atoms with Crippen LogP contribution in [-0.4, -0.2) is 56.8 Å². The second kappa shape index (κ2) is 12.0. The molecule has 3 aromatic rings. The molecule has 0 aromatic carbocycles. The summed E-state index contributed by atoms with van der Waals surface area (Å²) in [7, 11) is 0. The molecule has 0 spiro atoms. The molecule has 38 heavy (non-hydrogen) atoms. The number of hydrogen-bond acceptors (Lipinski definition) is 11. The molecule has 0 aliphatic carbocycles. The second-order valence-electron chi connectivity index (χ2n) is 10.3. The minimum Gasteiger partial charge on any atom is -0.461 e. The molecule has 0 fully saturated rings. The number of thiazole rings is 2. The van der Waals surface area contributed by atoms with Crippen LogP contribution in [0.25, 0.3) is 22.0 Å². The minimum absolute atomic E-state index is 0.132. The molecule has 0 bridgehead atoms. The number of nitrogens with zero attached hydrogens (tertiary/aromatic N) is 3. The van der Waals surface area contributed by atoms with Gasteiger partial charge in [0.25, 0.3) is 0 Å². The smallest absolute Gasteiger partial charge is 0.408 e. The van der Waals surface area contributed by atoms with Crippen LogP contribution in [0.15, 0.2) is 29.1 Å². The molecule has 1 amide bonds. The number of aromatic nitrogens is 3. The van der Waals surface area contributed by atoms with Crippen LogP contribution in [-0.2, 0) is 25.4 Å². The van der Waals surface area contributed by atoms with Crippen molar-refractivity contribution in [2.45, 2.75) is 72.1 Å². The first kappa shape index (κ1) is 29.2. The Hall–Kier alpha value is -3.38. The molecule has 3 heterocycles. The van der Waals surface area contributed by atoms with Crippen molar-refractivity contribution in [1.29, 1.82) is 0 Å². The van der Waals surface area contributed by atoms with Gasteiger partial charge in [-0.1, -0.05) is 0 Å². The van der Waals surface area contributed by atoms with Gasteiger partial charge in [0, 0.05) is 28.9 Å². The van der Waals surface area contributed by atoms with Crippen LogP contribution >= 0.6 is 22.7 Å². The quantitative estimate of drug-likeness (QED) is 0.289. The van der Waals surface area contributed by atoms with Gasteiger partial charge in [-0.2, -0.15) is 0 Å². The van der Waals surface area contributed by atoms with E-state index in [1.165, 1.54) is 22.7 Å². The summed E-state index contributed by atoms with van der Waals surface area (Å²) in [6.07, 6.45) is 1.08. The van der Waals surface area contributed by atoms with Crippen molar-refractivity contribution in [2.24, 2.45) is 0 Å². The van der Waals surface area contributed by atoms with E-state index in [1.807, 2.05) is 17.5 Å². The molecule has 0 radical (unpaired) electrons. The number of esters is 2. The van der Waals surface area contributed by atoms with Gasteiger partial charge < -0.3 is 19.5 Å². The highest BCUT2D eigenvalue weighted by molar-refractivity contribution is 7.13. The molecule has 1 N–H and O–H groups in total. The van der Waals surface area contributed by atoms with Crippen molar-refractivity contribution in [1.82, 2.24) is 20.3 Å². The molecule has 0 saturated carbocycles. The van der Waals surface area contributed by atoms with Crippen LogP contribution in [0.3, 0.4) is 0 Å². The average molecular weight is 561 g/mol. The fraction of sp³-hybridized carbons (Fsp3) is 0.462. The summed E-state index contributed by atoms with van der Waals surface area (Å²) >= 11 is 2.68. The second-order valence-corrected chi connectivity index (χ2v) is 12.1. The molecular weight excluding hydrogens is 528 g/mol. The average Bonchev–Trinajstić information content (AvgIpc) is 3.47. The van der Waals surface area contributed by atoms with E-state index in [2.05, 4.69) is 20.3 Å². The summed E-state index contributed by atoms with van der Waals surface area (Å²) in [5, 5.41) is 7.37. The molecule has 3 aromatic heterocycles. The highest BCUT2D eigenvalue weighted by Gasteiger charge is 2.30. The zero-order valence-electron chi connectivity index (χ0n) is 22.5. The van der Waals surface area contributed by atoms with Gasteiger partial charge in [-0.05, 0) is 60.6 Å². The number of amides is 1. The predicted molar refractivity (Wildman–Crippen MR) is 145 cm³/mol. The van der Waals surface area contributed by atoms with Crippen LogP contribution in [0.1, 0.15) is 64.0 Å². The van der Waals surface area contributed by atoms with Crippen LogP contribution in [0.4, 0.5) is 4.79 Å². The van der Waals surface area contributed by atoms with E-state index < -0.39 is 35.3 Å². The standard InChI is InChI=1S/C26H32N4O6S2/c1-8-34-22(31)19-14-38-21(29-19)15-9-10-16(27-12-15)18-13-37-20(28-18)11-17(23(32)35-25(2,3)4)30-24(33)36-26(5,6)7/h9-10,12-14,17H,8,11H2,1-7H3,(H,30,33)/t17-/m0/s1. The third kappa shape index (κ3) is 8.59. The summed E-state index contributed by atoms with van der Waals surface area (Å²) in [6.45, 7) is 12.5. The maximum atomic E-state index is 12.8. The Morgan fingerprint density at radius 2 is 1.66 bits per heavy atom. The third-order valence-corrected chi connectivity index (χ3v) is 6.34. The van der Waals surface area contributed by atoms with E-state index in [-0.39, 0.29) is 18.7 Å². The predicted octanol–water partition coefficient (Wildman–Crippen LogP) is 5.28. The number of nitrogens with one attached hydrogen (secondary N) is 1. The number of carbonyl (C=O) groups excluding carboxylic acids is 3. The van der Waals surface area contributed by atoms with Gasteiger partial charge >= 0.3 is 18.0 Å². The Kier molecular flexibility index (Phi) is 9.21. The maximum absolute atomic E-state index is 12.8. The van der Waals surface area contributed by atoms with E-state index in [0.717, 1.165) is 5.56 Å². The van der Waals surface area contributed by atoms with Crippen LogP contribution in [0, 0.1) is 0 Å². The number of alkyl carbamates (subject to hydrolysis) is 1. The van der Waals surface area contributed by atoms with Crippen LogP contribution in [0.5, 0.6) is 0 Å². The van der Waals surface area contributed by atoms with Crippen LogP contribution in [0.2, 0.25) is 0 Å². The fourth-order valence-electron chi connectivity index (χ4n) is 3.09. The lowest BCUT2D eigenvalue weighted by Gasteiger charge is -2.26. The SMILES string of the molecule is CCOC(=O)c1csc(-c2ccc(-c3csc(C[C@H](NC(=O)OC(C)(C)C)C(=O)OC(C)(C)C)n3)nc2)n1. The monoisotopic (exact) mass is 560 g/mol. The molecule has 12 heteroatoms. The van der Waals surface area contributed by atoms with Crippen molar-refractivity contribution in [3.8, 4) is 22.0 Å². The summed E-state index contributed by atoms with van der Waals surface area (Å²) in [5.41, 5.74) is 0.846. The Balaban J connectivity index is 1.73. The van der Waals surface area contributed by atoms with Crippen molar-refractivity contribution in [3.05, 3.63) is 39.8 Å². The van der Waals surface area contributed by atoms with Gasteiger partial charge in [0.1, 0.15) is 22.3 Å². The lowest BCUT2D eigenvalue weighted by atomic mass is 10.1. The number of rotatable bonds is 8. The third-order valence-electron chi connectivity index (χ3n) is 4.57. The van der Waals surface area contributed by atoms with E-state index in [1.54, 1.807) is 60.0 Å². The highest BCUT2D eigenvalue weighted by atomic mass is 32.1. The van der Waals surface area contributed by atoms with Gasteiger partial charge in [0.2, 0.25) is 0 Å². The zero-order valence-corrected chi connectivity index (χ0v) is 24.1. The highest BCUT2D eigenvalue weighted by Crippen LogP contribution is 2.27.